The zero-order chi connectivity index (χ0) is 21.9. The van der Waals surface area contributed by atoms with Gasteiger partial charge in [0.15, 0.2) is 5.65 Å². The predicted molar refractivity (Wildman–Crippen MR) is 133 cm³/mol. The average Bonchev–Trinajstić information content (AvgIpc) is 3.16. The molecule has 0 saturated carbocycles. The van der Waals surface area contributed by atoms with Gasteiger partial charge in [-0.1, -0.05) is 91.0 Å². The zero-order valence-electron chi connectivity index (χ0n) is 18.3. The van der Waals surface area contributed by atoms with Crippen molar-refractivity contribution in [2.24, 2.45) is 0 Å². The molecule has 0 aliphatic rings. The van der Waals surface area contributed by atoms with Crippen LogP contribution < -0.4 is 0 Å². The van der Waals surface area contributed by atoms with Gasteiger partial charge in [-0.2, -0.15) is 5.10 Å². The largest absolute Gasteiger partial charge is 0.233 e. The molecule has 0 bridgehead atoms. The molecule has 0 aliphatic heterocycles. The van der Waals surface area contributed by atoms with E-state index in [1.54, 1.807) is 0 Å². The summed E-state index contributed by atoms with van der Waals surface area (Å²) in [7, 11) is 0. The lowest BCUT2D eigenvalue weighted by molar-refractivity contribution is 0.792. The molecule has 3 aromatic carbocycles. The minimum Gasteiger partial charge on any atom is -0.233 e. The monoisotopic (exact) mass is 435 g/mol. The summed E-state index contributed by atoms with van der Waals surface area (Å²) in [6.07, 6.45) is 0.840. The molecule has 0 aliphatic carbocycles. The highest BCUT2D eigenvalue weighted by atomic mass is 32.2. The topological polar surface area (TPSA) is 30.2 Å². The Morgan fingerprint density at radius 1 is 0.719 bits per heavy atom. The molecular formula is C28H25N3S. The van der Waals surface area contributed by atoms with E-state index in [9.17, 15) is 0 Å². The highest BCUT2D eigenvalue weighted by Gasteiger charge is 2.20. The van der Waals surface area contributed by atoms with Crippen molar-refractivity contribution < 1.29 is 0 Å². The van der Waals surface area contributed by atoms with Crippen molar-refractivity contribution in [1.29, 1.82) is 0 Å². The van der Waals surface area contributed by atoms with Crippen molar-refractivity contribution in [3.05, 3.63) is 119 Å². The molecule has 4 heteroatoms. The molecule has 0 amide bonds. The van der Waals surface area contributed by atoms with Gasteiger partial charge in [0.1, 0.15) is 5.03 Å². The highest BCUT2D eigenvalue weighted by Crippen LogP contribution is 2.34. The van der Waals surface area contributed by atoms with Gasteiger partial charge in [-0.05, 0) is 30.5 Å². The maximum Gasteiger partial charge on any atom is 0.164 e. The first-order valence-electron chi connectivity index (χ1n) is 10.9. The van der Waals surface area contributed by atoms with Gasteiger partial charge in [-0.15, -0.1) is 11.8 Å². The molecule has 0 saturated heterocycles. The third-order valence-electron chi connectivity index (χ3n) is 5.70. The van der Waals surface area contributed by atoms with E-state index in [1.807, 2.05) is 17.8 Å². The molecule has 2 heterocycles. The fourth-order valence-electron chi connectivity index (χ4n) is 4.09. The quantitative estimate of drug-likeness (QED) is 0.215. The van der Waals surface area contributed by atoms with E-state index in [1.165, 1.54) is 21.7 Å². The first-order valence-corrected chi connectivity index (χ1v) is 11.8. The van der Waals surface area contributed by atoms with Gasteiger partial charge in [0.25, 0.3) is 0 Å². The Balaban J connectivity index is 1.67. The van der Waals surface area contributed by atoms with E-state index in [4.69, 9.17) is 10.1 Å². The number of aryl methyl sites for hydroxylation is 2. The number of hydrogen-bond donors (Lipinski definition) is 0. The summed E-state index contributed by atoms with van der Waals surface area (Å²) in [5, 5.41) is 6.15. The molecule has 2 aromatic heterocycles. The van der Waals surface area contributed by atoms with E-state index in [0.29, 0.717) is 0 Å². The Labute approximate surface area is 193 Å². The van der Waals surface area contributed by atoms with E-state index in [-0.39, 0.29) is 0 Å². The molecule has 0 N–H and O–H groups in total. The number of fused-ring (bicyclic) bond motifs is 1. The Morgan fingerprint density at radius 2 is 1.31 bits per heavy atom. The lowest BCUT2D eigenvalue weighted by Crippen LogP contribution is -2.06. The van der Waals surface area contributed by atoms with Gasteiger partial charge in [0.2, 0.25) is 0 Å². The fraction of sp³-hybridized carbons (Fsp3) is 0.143. The highest BCUT2D eigenvalue weighted by molar-refractivity contribution is 7.98. The van der Waals surface area contributed by atoms with Crippen LogP contribution in [0.1, 0.15) is 28.1 Å². The van der Waals surface area contributed by atoms with Gasteiger partial charge in [0, 0.05) is 29.0 Å². The van der Waals surface area contributed by atoms with Crippen LogP contribution in [0.25, 0.3) is 16.8 Å². The Morgan fingerprint density at radius 3 is 1.97 bits per heavy atom. The van der Waals surface area contributed by atoms with Crippen LogP contribution in [0.5, 0.6) is 0 Å². The van der Waals surface area contributed by atoms with Gasteiger partial charge in [0.05, 0.1) is 5.69 Å². The number of hydrogen-bond acceptors (Lipinski definition) is 3. The van der Waals surface area contributed by atoms with Gasteiger partial charge < -0.3 is 0 Å². The molecule has 32 heavy (non-hydrogen) atoms. The van der Waals surface area contributed by atoms with Crippen molar-refractivity contribution in [3.63, 3.8) is 0 Å². The smallest absolute Gasteiger partial charge is 0.164 e. The van der Waals surface area contributed by atoms with E-state index < -0.39 is 0 Å². The van der Waals surface area contributed by atoms with Crippen LogP contribution in [-0.2, 0) is 12.2 Å². The summed E-state index contributed by atoms with van der Waals surface area (Å²) < 4.78 is 2.07. The number of rotatable bonds is 6. The summed E-state index contributed by atoms with van der Waals surface area (Å²) in [4.78, 5) is 5.07. The second kappa shape index (κ2) is 9.01. The standard InChI is InChI=1S/C28H25N3S/c1-20-25(18-22-12-6-3-7-13-22)28(32-19-23-14-8-4-9-15-23)31-27(29-20)26(21(2)30-31)24-16-10-5-11-17-24/h3-17H,18-19H2,1-2H3. The minimum absolute atomic E-state index is 0.840. The van der Waals surface area contributed by atoms with Crippen LogP contribution in [-0.4, -0.2) is 14.6 Å². The number of nitrogens with zero attached hydrogens (tertiary/aromatic N) is 3. The van der Waals surface area contributed by atoms with Crippen LogP contribution in [0.4, 0.5) is 0 Å². The normalized spacial score (nSPS) is 11.2. The van der Waals surface area contributed by atoms with Crippen LogP contribution in [0, 0.1) is 13.8 Å². The molecule has 5 rings (SSSR count). The minimum atomic E-state index is 0.840. The fourth-order valence-corrected chi connectivity index (χ4v) is 5.23. The van der Waals surface area contributed by atoms with Crippen LogP contribution in [0.15, 0.2) is 96.0 Å². The van der Waals surface area contributed by atoms with Crippen molar-refractivity contribution in [1.82, 2.24) is 14.6 Å². The molecular weight excluding hydrogens is 410 g/mol. The first kappa shape index (κ1) is 20.5. The lowest BCUT2D eigenvalue weighted by Gasteiger charge is -2.15. The summed E-state index contributed by atoms with van der Waals surface area (Å²) >= 11 is 1.84. The van der Waals surface area contributed by atoms with Crippen molar-refractivity contribution in [3.8, 4) is 11.1 Å². The maximum absolute atomic E-state index is 5.07. The van der Waals surface area contributed by atoms with Crippen molar-refractivity contribution in [2.75, 3.05) is 0 Å². The molecule has 0 spiro atoms. The second-order valence-corrected chi connectivity index (χ2v) is 8.94. The van der Waals surface area contributed by atoms with E-state index in [2.05, 4.69) is 103 Å². The van der Waals surface area contributed by atoms with Crippen LogP contribution >= 0.6 is 11.8 Å². The third-order valence-corrected chi connectivity index (χ3v) is 6.87. The Hall–Kier alpha value is -3.37. The van der Waals surface area contributed by atoms with Gasteiger partial charge >= 0.3 is 0 Å². The first-order chi connectivity index (χ1) is 15.7. The molecule has 0 atom stereocenters. The summed E-state index contributed by atoms with van der Waals surface area (Å²) in [6, 6.07) is 31.7. The molecule has 3 nitrogen and oxygen atoms in total. The number of aromatic nitrogens is 3. The zero-order valence-corrected chi connectivity index (χ0v) is 19.1. The molecule has 0 fully saturated rings. The summed E-state index contributed by atoms with van der Waals surface area (Å²) in [5.41, 5.74) is 9.09. The average molecular weight is 436 g/mol. The Kier molecular flexibility index (Phi) is 5.78. The van der Waals surface area contributed by atoms with Crippen LogP contribution in [0.3, 0.4) is 0 Å². The molecule has 0 radical (unpaired) electrons. The van der Waals surface area contributed by atoms with Crippen LogP contribution in [0.2, 0.25) is 0 Å². The van der Waals surface area contributed by atoms with Crippen molar-refractivity contribution in [2.45, 2.75) is 31.0 Å². The number of benzene rings is 3. The SMILES string of the molecule is Cc1nc2c(-c3ccccc3)c(C)nn2c(SCc2ccccc2)c1Cc1ccccc1. The molecule has 158 valence electrons. The Bertz CT molecular complexity index is 1340. The molecule has 5 aromatic rings. The summed E-state index contributed by atoms with van der Waals surface area (Å²) in [6.45, 7) is 4.21. The van der Waals surface area contributed by atoms with Gasteiger partial charge in [-0.25, -0.2) is 9.50 Å². The summed E-state index contributed by atoms with van der Waals surface area (Å²) in [5.74, 6) is 0.890. The number of thioether (sulfide) groups is 1. The predicted octanol–water partition coefficient (Wildman–Crippen LogP) is 6.90. The molecule has 0 unspecified atom stereocenters. The van der Waals surface area contributed by atoms with Gasteiger partial charge in [-0.3, -0.25) is 0 Å². The van der Waals surface area contributed by atoms with E-state index >= 15 is 0 Å². The maximum atomic E-state index is 5.07. The lowest BCUT2D eigenvalue weighted by atomic mass is 10.0. The third kappa shape index (κ3) is 4.06. The van der Waals surface area contributed by atoms with Crippen molar-refractivity contribution >= 4 is 17.4 Å². The second-order valence-electron chi connectivity index (χ2n) is 7.98. The van der Waals surface area contributed by atoms with E-state index in [0.717, 1.165) is 40.3 Å².